The number of aryl methyl sites for hydroxylation is 2. The maximum atomic E-state index is 16.2. The van der Waals surface area contributed by atoms with Crippen molar-refractivity contribution in [3.8, 4) is 0 Å². The van der Waals surface area contributed by atoms with Crippen LogP contribution in [0.25, 0.3) is 0 Å². The predicted octanol–water partition coefficient (Wildman–Crippen LogP) is 8.48. The monoisotopic (exact) mass is 843 g/mol. The summed E-state index contributed by atoms with van der Waals surface area (Å²) in [5, 5.41) is 13.0. The van der Waals surface area contributed by atoms with Gasteiger partial charge in [-0.05, 0) is 141 Å². The van der Waals surface area contributed by atoms with Crippen molar-refractivity contribution in [2.24, 2.45) is 69.8 Å². The number of aliphatic hydroxyl groups is 1. The molecule has 3 saturated heterocycles. The first-order valence-electron chi connectivity index (χ1n) is 24.8. The van der Waals surface area contributed by atoms with E-state index in [0.29, 0.717) is 73.3 Å². The predicted molar refractivity (Wildman–Crippen MR) is 239 cm³/mol. The highest BCUT2D eigenvalue weighted by Gasteiger charge is 2.94. The standard InChI is InChI=1S/C55H61N3O5/c1-29-20-36-14-16-42-37-23-34-26-57(28-37)30(2)21-43(59)50-53-18-17-39-47(49(36)58(42)27-34)45(29)40-24-33-7-3-6-31(22-33)11-12-32-13-15-38(40)48(39)54(53,52(61)62-50)44(25-32)55(53)41-10-4-8-35(9-5-19-56)46(41)51(60)63-55/h3-4,6-8,10,13-16,22,29-30,32,34,37-38,40,42,44-45,47,59H,5,9,11-12,17-21,23-28,56H2,1-2H3/b15-13-,50-43-/t29-,30-,32-,34-,37+,38-,40+,42+,44+,45-,47+,53-,54-,55-/m1/s1. The van der Waals surface area contributed by atoms with Gasteiger partial charge in [0.2, 0.25) is 0 Å². The largest absolute Gasteiger partial charge is 0.509 e. The SMILES string of the molecule is C[C@@H]1CC2=C3[C@H]4C5=C6[C@@H]7/C=C\[C@@H](CCc8cccc(c8)C[C@@H]7[C@H]41)C[C@H]1[C@]64C(=O)O/C(=C(\O)C[C@@H](C)N6C[C@H]7C[C@@H](C6)[C@H](C=C2)N3C7)[C@@]4(CC5)[C@]12OC(=O)c1c(CCCN)cccc12. The van der Waals surface area contributed by atoms with Crippen LogP contribution in [-0.2, 0) is 39.1 Å². The molecule has 1 saturated carbocycles. The molecule has 8 heteroatoms. The average molecular weight is 844 g/mol. The molecular weight excluding hydrogens is 783 g/mol. The van der Waals surface area contributed by atoms with E-state index in [1.807, 2.05) is 0 Å². The van der Waals surface area contributed by atoms with Crippen molar-refractivity contribution in [2.75, 3.05) is 26.2 Å². The van der Waals surface area contributed by atoms with Crippen LogP contribution in [-0.4, -0.2) is 65.1 Å². The molecule has 2 aromatic rings. The van der Waals surface area contributed by atoms with Gasteiger partial charge in [-0.3, -0.25) is 9.69 Å². The van der Waals surface area contributed by atoms with E-state index in [0.717, 1.165) is 69.3 Å². The van der Waals surface area contributed by atoms with Gasteiger partial charge in [0.15, 0.2) is 11.4 Å². The number of aliphatic hydroxyl groups excluding tert-OH is 1. The van der Waals surface area contributed by atoms with Crippen LogP contribution in [0, 0.1) is 64.1 Å². The summed E-state index contributed by atoms with van der Waals surface area (Å²) in [4.78, 5) is 36.7. The van der Waals surface area contributed by atoms with Crippen molar-refractivity contribution in [3.63, 3.8) is 0 Å². The Morgan fingerprint density at radius 3 is 2.71 bits per heavy atom. The third-order valence-electron chi connectivity index (χ3n) is 19.8. The maximum absolute atomic E-state index is 16.2. The lowest BCUT2D eigenvalue weighted by molar-refractivity contribution is -0.282. The Morgan fingerprint density at radius 2 is 1.83 bits per heavy atom. The summed E-state index contributed by atoms with van der Waals surface area (Å²) in [6.45, 7) is 8.36. The number of nitrogens with two attached hydrogens (primary N) is 1. The first-order chi connectivity index (χ1) is 30.7. The number of allylic oxidation sites excluding steroid dienone is 5. The van der Waals surface area contributed by atoms with E-state index in [4.69, 9.17) is 15.2 Å². The van der Waals surface area contributed by atoms with Crippen LogP contribution in [0.15, 0.2) is 101 Å². The maximum Gasteiger partial charge on any atom is 0.339 e. The number of piperidine rings is 2. The zero-order chi connectivity index (χ0) is 42.3. The van der Waals surface area contributed by atoms with Gasteiger partial charge in [-0.1, -0.05) is 79.3 Å². The van der Waals surface area contributed by atoms with Gasteiger partial charge >= 0.3 is 11.9 Å². The normalized spacial score (nSPS) is 45.7. The fraction of sp³-hybridized carbons (Fsp3) is 0.564. The van der Waals surface area contributed by atoms with Gasteiger partial charge < -0.3 is 25.2 Å². The number of nitrogens with zero attached hydrogens (tertiary/aromatic N) is 2. The minimum absolute atomic E-state index is 0.00834. The van der Waals surface area contributed by atoms with Crippen LogP contribution in [0.2, 0.25) is 0 Å². The van der Waals surface area contributed by atoms with Gasteiger partial charge in [-0.25, -0.2) is 4.79 Å². The van der Waals surface area contributed by atoms with Crippen LogP contribution in [0.5, 0.6) is 0 Å². The molecule has 9 aliphatic heterocycles. The summed E-state index contributed by atoms with van der Waals surface area (Å²) < 4.78 is 14.2. The molecule has 0 aromatic heterocycles. The van der Waals surface area contributed by atoms with Crippen LogP contribution in [0.3, 0.4) is 0 Å². The van der Waals surface area contributed by atoms with E-state index in [1.165, 1.54) is 34.3 Å². The molecule has 1 unspecified atom stereocenters. The number of carbonyl (C=O) groups excluding carboxylic acids is 2. The smallest absolute Gasteiger partial charge is 0.339 e. The second-order valence-corrected chi connectivity index (χ2v) is 22.4. The van der Waals surface area contributed by atoms with Crippen molar-refractivity contribution in [1.29, 1.82) is 0 Å². The molecule has 3 spiro atoms. The number of ether oxygens (including phenoxy) is 2. The minimum Gasteiger partial charge on any atom is -0.509 e. The van der Waals surface area contributed by atoms with Crippen molar-refractivity contribution in [2.45, 2.75) is 102 Å². The Balaban J connectivity index is 1.11. The minimum atomic E-state index is -1.17. The zero-order valence-corrected chi connectivity index (χ0v) is 36.9. The van der Waals surface area contributed by atoms with Crippen molar-refractivity contribution in [1.82, 2.24) is 9.80 Å². The van der Waals surface area contributed by atoms with Gasteiger partial charge in [-0.2, -0.15) is 0 Å². The fourth-order valence-electron chi connectivity index (χ4n) is 17.9. The Kier molecular flexibility index (Phi) is 7.77. The van der Waals surface area contributed by atoms with E-state index in [2.05, 4.69) is 90.4 Å². The molecule has 326 valence electrons. The molecule has 63 heavy (non-hydrogen) atoms. The summed E-state index contributed by atoms with van der Waals surface area (Å²) in [6.07, 6.45) is 19.2. The summed E-state index contributed by atoms with van der Waals surface area (Å²) in [5.74, 6) is 2.19. The van der Waals surface area contributed by atoms with E-state index >= 15 is 4.79 Å². The number of fused-ring (bicyclic) bond motifs is 7. The molecule has 6 aliphatic carbocycles. The fourth-order valence-corrected chi connectivity index (χ4v) is 17.9. The summed E-state index contributed by atoms with van der Waals surface area (Å²) in [6, 6.07) is 16.1. The molecule has 4 fully saturated rings. The third-order valence-corrected chi connectivity index (χ3v) is 19.8. The number of hydrogen-bond acceptors (Lipinski definition) is 8. The second-order valence-electron chi connectivity index (χ2n) is 22.4. The summed E-state index contributed by atoms with van der Waals surface area (Å²) in [7, 11) is 0. The molecule has 16 bridgehead atoms. The van der Waals surface area contributed by atoms with Crippen molar-refractivity contribution in [3.05, 3.63) is 129 Å². The molecule has 0 amide bonds. The third kappa shape index (κ3) is 4.47. The molecule has 0 radical (unpaired) electrons. The van der Waals surface area contributed by atoms with E-state index in [9.17, 15) is 9.90 Å². The first-order valence-corrected chi connectivity index (χ1v) is 24.8. The summed E-state index contributed by atoms with van der Waals surface area (Å²) >= 11 is 0. The average Bonchev–Trinajstić information content (AvgIpc) is 3.72. The number of rotatable bonds is 3. The van der Waals surface area contributed by atoms with Crippen molar-refractivity contribution < 1.29 is 24.2 Å². The second kappa shape index (κ2) is 12.9. The quantitative estimate of drug-likeness (QED) is 0.234. The summed E-state index contributed by atoms with van der Waals surface area (Å²) in [5.41, 5.74) is 13.8. The highest BCUT2D eigenvalue weighted by Crippen LogP contribution is 2.88. The van der Waals surface area contributed by atoms with Gasteiger partial charge in [0.05, 0.1) is 17.0 Å². The molecule has 8 nitrogen and oxygen atoms in total. The molecule has 17 rings (SSSR count). The molecule has 3 N–H and O–H groups in total. The highest BCUT2D eigenvalue weighted by atomic mass is 16.6. The van der Waals surface area contributed by atoms with Crippen LogP contribution < -0.4 is 5.73 Å². The lowest BCUT2D eigenvalue weighted by Gasteiger charge is -2.73. The van der Waals surface area contributed by atoms with Crippen LogP contribution in [0.1, 0.15) is 97.8 Å². The Bertz CT molecular complexity index is 2590. The first kappa shape index (κ1) is 37.9. The Morgan fingerprint density at radius 1 is 0.952 bits per heavy atom. The van der Waals surface area contributed by atoms with Crippen LogP contribution >= 0.6 is 0 Å². The van der Waals surface area contributed by atoms with E-state index in [1.54, 1.807) is 5.70 Å². The van der Waals surface area contributed by atoms with E-state index < -0.39 is 16.4 Å². The van der Waals surface area contributed by atoms with Crippen LogP contribution in [0.4, 0.5) is 0 Å². The number of esters is 2. The highest BCUT2D eigenvalue weighted by molar-refractivity contribution is 6.00. The van der Waals surface area contributed by atoms with Gasteiger partial charge in [0.25, 0.3) is 0 Å². The lowest BCUT2D eigenvalue weighted by Crippen LogP contribution is -2.78. The number of hydrogen-bond donors (Lipinski definition) is 2. The Labute approximate surface area is 371 Å². The number of carbonyl (C=O) groups is 2. The van der Waals surface area contributed by atoms with Crippen molar-refractivity contribution >= 4 is 11.9 Å². The lowest BCUT2D eigenvalue weighted by atomic mass is 9.27. The number of benzene rings is 2. The van der Waals surface area contributed by atoms with Gasteiger partial charge in [-0.15, -0.1) is 0 Å². The molecule has 9 heterocycles. The van der Waals surface area contributed by atoms with Gasteiger partial charge in [0.1, 0.15) is 11.2 Å². The molecule has 15 aliphatic rings. The van der Waals surface area contributed by atoms with E-state index in [-0.39, 0.29) is 53.3 Å². The van der Waals surface area contributed by atoms with Gasteiger partial charge in [0, 0.05) is 61.1 Å². The molecule has 2 aromatic carbocycles. The Hall–Kier alpha value is -4.40. The molecular formula is C55H61N3O5. The molecule has 15 atom stereocenters. The topological polar surface area (TPSA) is 105 Å². The zero-order valence-electron chi connectivity index (χ0n) is 36.9.